The lowest BCUT2D eigenvalue weighted by molar-refractivity contribution is 0.767. The highest BCUT2D eigenvalue weighted by molar-refractivity contribution is 5.96. The minimum atomic E-state index is 0.842. The van der Waals surface area contributed by atoms with Gasteiger partial charge >= 0.3 is 0 Å². The molecule has 0 unspecified atom stereocenters. The third-order valence-electron chi connectivity index (χ3n) is 5.69. The Morgan fingerprint density at radius 1 is 0.485 bits per heavy atom. The van der Waals surface area contributed by atoms with Gasteiger partial charge in [0, 0.05) is 47.0 Å². The predicted octanol–water partition coefficient (Wildman–Crippen LogP) is 6.21. The molecule has 0 atom stereocenters. The van der Waals surface area contributed by atoms with Crippen molar-refractivity contribution in [3.05, 3.63) is 116 Å². The van der Waals surface area contributed by atoms with Gasteiger partial charge in [0.1, 0.15) is 11.0 Å². The topological polar surface area (TPSA) is 56.5 Å². The fourth-order valence-corrected chi connectivity index (χ4v) is 4.17. The summed E-state index contributed by atoms with van der Waals surface area (Å²) in [6.45, 7) is 0. The van der Waals surface area contributed by atoms with Crippen LogP contribution in [0.3, 0.4) is 0 Å². The third kappa shape index (κ3) is 3.46. The summed E-state index contributed by atoms with van der Waals surface area (Å²) in [7, 11) is 0. The van der Waals surface area contributed by atoms with Crippen LogP contribution >= 0.6 is 0 Å². The van der Waals surface area contributed by atoms with Gasteiger partial charge in [0.25, 0.3) is 0 Å². The minimum Gasteiger partial charge on any atom is -0.264 e. The average molecular weight is 425 g/mol. The monoisotopic (exact) mass is 425 g/mol. The number of hydrogen-bond acceptors (Lipinski definition) is 4. The van der Waals surface area contributed by atoms with Crippen LogP contribution in [-0.2, 0) is 0 Å². The van der Waals surface area contributed by atoms with Crippen molar-refractivity contribution in [2.45, 2.75) is 0 Å². The van der Waals surface area contributed by atoms with Crippen molar-refractivity contribution in [3.8, 4) is 39.1 Å². The summed E-state index contributed by atoms with van der Waals surface area (Å²) in [5.74, 6) is 0. The largest absolute Gasteiger partial charge is 0.264 e. The van der Waals surface area contributed by atoms with E-state index in [1.165, 1.54) is 0 Å². The van der Waals surface area contributed by atoms with Crippen LogP contribution in [0, 0.1) is 0 Å². The molecule has 0 saturated carbocycles. The molecule has 3 aromatic carbocycles. The number of rotatable bonds is 4. The fourth-order valence-electron chi connectivity index (χ4n) is 4.17. The molecule has 3 heterocycles. The Bertz CT molecular complexity index is 1560. The lowest BCUT2D eigenvalue weighted by Gasteiger charge is -2.10. The second kappa shape index (κ2) is 8.13. The summed E-state index contributed by atoms with van der Waals surface area (Å²) in [5, 5.41) is 9.78. The zero-order chi connectivity index (χ0) is 22.0. The summed E-state index contributed by atoms with van der Waals surface area (Å²) in [6.07, 6.45) is 7.31. The van der Waals surface area contributed by atoms with Crippen molar-refractivity contribution >= 4 is 11.0 Å². The lowest BCUT2D eigenvalue weighted by atomic mass is 9.95. The van der Waals surface area contributed by atoms with Crippen LogP contribution in [0.1, 0.15) is 0 Å². The molecule has 5 heteroatoms. The molecular weight excluding hydrogens is 406 g/mol. The number of benzene rings is 3. The van der Waals surface area contributed by atoms with E-state index < -0.39 is 0 Å². The lowest BCUT2D eigenvalue weighted by Crippen LogP contribution is -2.01. The van der Waals surface area contributed by atoms with Crippen LogP contribution in [0.15, 0.2) is 116 Å². The quantitative estimate of drug-likeness (QED) is 0.337. The van der Waals surface area contributed by atoms with Crippen LogP contribution in [0.4, 0.5) is 0 Å². The van der Waals surface area contributed by atoms with Gasteiger partial charge in [-0.25, -0.2) is 0 Å². The van der Waals surface area contributed by atoms with Crippen molar-refractivity contribution in [2.24, 2.45) is 0 Å². The molecule has 0 aliphatic carbocycles. The molecule has 0 saturated heterocycles. The van der Waals surface area contributed by atoms with Gasteiger partial charge in [-0.05, 0) is 35.4 Å². The highest BCUT2D eigenvalue weighted by Gasteiger charge is 2.15. The number of nitrogens with zero attached hydrogens (tertiary/aromatic N) is 5. The Hall–Kier alpha value is -4.64. The zero-order valence-electron chi connectivity index (χ0n) is 17.7. The van der Waals surface area contributed by atoms with Gasteiger partial charge in [-0.15, -0.1) is 15.0 Å². The highest BCUT2D eigenvalue weighted by atomic mass is 15.5. The van der Waals surface area contributed by atoms with E-state index in [-0.39, 0.29) is 0 Å². The molecule has 0 N–H and O–H groups in total. The van der Waals surface area contributed by atoms with Gasteiger partial charge in [0.15, 0.2) is 0 Å². The van der Waals surface area contributed by atoms with Crippen molar-refractivity contribution in [3.63, 3.8) is 0 Å². The number of pyridine rings is 2. The van der Waals surface area contributed by atoms with E-state index in [1.807, 2.05) is 67.0 Å². The maximum atomic E-state index is 4.95. The maximum absolute atomic E-state index is 4.95. The van der Waals surface area contributed by atoms with Gasteiger partial charge in [0.05, 0.1) is 5.69 Å². The summed E-state index contributed by atoms with van der Waals surface area (Å²) in [5.41, 5.74) is 8.99. The predicted molar refractivity (Wildman–Crippen MR) is 131 cm³/mol. The van der Waals surface area contributed by atoms with Crippen LogP contribution in [0.2, 0.25) is 0 Å². The molecule has 0 spiro atoms. The highest BCUT2D eigenvalue weighted by Crippen LogP contribution is 2.35. The second-order valence-corrected chi connectivity index (χ2v) is 7.71. The third-order valence-corrected chi connectivity index (χ3v) is 5.69. The first-order valence-electron chi connectivity index (χ1n) is 10.7. The molecule has 5 nitrogen and oxygen atoms in total. The fraction of sp³-hybridized carbons (Fsp3) is 0. The molecule has 0 amide bonds. The van der Waals surface area contributed by atoms with Gasteiger partial charge in [-0.2, -0.15) is 0 Å². The SMILES string of the molecule is c1cncc(-c2ccccc2-c2cccc3nn(-c4ccccc4-c4cccnc4)nc23)c1. The standard InChI is InChI=1S/C28H19N5/c1-2-12-24(22(10-1)20-8-6-16-29-18-20)25-13-5-14-26-28(25)32-33(31-26)27-15-4-3-11-23(27)21-9-7-17-30-19-21/h1-19H. The Morgan fingerprint density at radius 2 is 1.12 bits per heavy atom. The van der Waals surface area contributed by atoms with Crippen LogP contribution in [0.25, 0.3) is 50.1 Å². The van der Waals surface area contributed by atoms with Gasteiger partial charge in [-0.1, -0.05) is 66.7 Å². The average Bonchev–Trinajstić information content (AvgIpc) is 3.34. The molecular formula is C28H19N5. The Labute approximate surface area is 191 Å². The first-order valence-corrected chi connectivity index (χ1v) is 10.7. The molecule has 6 rings (SSSR count). The van der Waals surface area contributed by atoms with E-state index in [0.29, 0.717) is 0 Å². The van der Waals surface area contributed by atoms with E-state index in [1.54, 1.807) is 17.2 Å². The molecule has 33 heavy (non-hydrogen) atoms. The smallest absolute Gasteiger partial charge is 0.121 e. The van der Waals surface area contributed by atoms with Crippen molar-refractivity contribution in [1.82, 2.24) is 25.0 Å². The van der Waals surface area contributed by atoms with E-state index in [0.717, 1.165) is 50.1 Å². The van der Waals surface area contributed by atoms with E-state index in [2.05, 4.69) is 46.4 Å². The van der Waals surface area contributed by atoms with E-state index in [9.17, 15) is 0 Å². The summed E-state index contributed by atoms with van der Waals surface area (Å²) >= 11 is 0. The van der Waals surface area contributed by atoms with E-state index >= 15 is 0 Å². The van der Waals surface area contributed by atoms with Crippen LogP contribution < -0.4 is 0 Å². The normalized spacial score (nSPS) is 11.0. The Morgan fingerprint density at radius 3 is 1.85 bits per heavy atom. The number of fused-ring (bicyclic) bond motifs is 1. The molecule has 0 aliphatic rings. The first-order chi connectivity index (χ1) is 16.4. The molecule has 0 bridgehead atoms. The molecule has 0 fully saturated rings. The molecule has 156 valence electrons. The number of aromatic nitrogens is 5. The first kappa shape index (κ1) is 19.1. The molecule has 3 aromatic heterocycles. The van der Waals surface area contributed by atoms with Gasteiger partial charge in [0.2, 0.25) is 0 Å². The van der Waals surface area contributed by atoms with Crippen molar-refractivity contribution in [1.29, 1.82) is 0 Å². The summed E-state index contributed by atoms with van der Waals surface area (Å²) in [6, 6.07) is 30.6. The van der Waals surface area contributed by atoms with Crippen LogP contribution in [0.5, 0.6) is 0 Å². The Balaban J connectivity index is 1.54. The maximum Gasteiger partial charge on any atom is 0.121 e. The Kier molecular flexibility index (Phi) is 4.70. The van der Waals surface area contributed by atoms with Crippen molar-refractivity contribution in [2.75, 3.05) is 0 Å². The molecule has 0 radical (unpaired) electrons. The molecule has 6 aromatic rings. The summed E-state index contributed by atoms with van der Waals surface area (Å²) < 4.78 is 0. The van der Waals surface area contributed by atoms with Gasteiger partial charge in [-0.3, -0.25) is 9.97 Å². The summed E-state index contributed by atoms with van der Waals surface area (Å²) in [4.78, 5) is 10.3. The number of para-hydroxylation sites is 1. The van der Waals surface area contributed by atoms with Crippen LogP contribution in [-0.4, -0.2) is 25.0 Å². The van der Waals surface area contributed by atoms with E-state index in [4.69, 9.17) is 10.2 Å². The second-order valence-electron chi connectivity index (χ2n) is 7.71. The zero-order valence-corrected chi connectivity index (χ0v) is 17.7. The van der Waals surface area contributed by atoms with Crippen molar-refractivity contribution < 1.29 is 0 Å². The minimum absolute atomic E-state index is 0.842. The molecule has 0 aliphatic heterocycles. The van der Waals surface area contributed by atoms with Gasteiger partial charge < -0.3 is 0 Å². The number of hydrogen-bond donors (Lipinski definition) is 0.